The predicted molar refractivity (Wildman–Crippen MR) is 72.1 cm³/mol. The van der Waals surface area contributed by atoms with E-state index in [4.69, 9.17) is 4.74 Å². The fourth-order valence-corrected chi connectivity index (χ4v) is 2.62. The van der Waals surface area contributed by atoms with E-state index in [9.17, 15) is 0 Å². The summed E-state index contributed by atoms with van der Waals surface area (Å²) in [6.07, 6.45) is 3.89. The summed E-state index contributed by atoms with van der Waals surface area (Å²) in [5.41, 5.74) is 3.72. The molecule has 19 heavy (non-hydrogen) atoms. The number of benzene rings is 1. The Labute approximate surface area is 112 Å². The summed E-state index contributed by atoms with van der Waals surface area (Å²) in [6.45, 7) is 1.00. The third-order valence-electron chi connectivity index (χ3n) is 3.58. The first-order chi connectivity index (χ1) is 9.26. The largest absolute Gasteiger partial charge is 0.497 e. The molecule has 3 rings (SSSR count). The number of aryl methyl sites for hydroxylation is 1. The number of fused-ring (bicyclic) bond motifs is 1. The first-order valence-corrected chi connectivity index (χ1v) is 6.51. The van der Waals surface area contributed by atoms with Crippen molar-refractivity contribution in [2.45, 2.75) is 18.9 Å². The zero-order chi connectivity index (χ0) is 13.2. The molecule has 1 unspecified atom stereocenters. The lowest BCUT2D eigenvalue weighted by molar-refractivity contribution is 0.411. The van der Waals surface area contributed by atoms with Gasteiger partial charge in [0.2, 0.25) is 0 Å². The maximum absolute atomic E-state index is 5.32. The van der Waals surface area contributed by atoms with Crippen LogP contribution in [-0.2, 0) is 19.9 Å². The van der Waals surface area contributed by atoms with E-state index in [1.54, 1.807) is 11.8 Å². The first-order valence-electron chi connectivity index (χ1n) is 6.51. The molecule has 0 saturated heterocycles. The molecule has 0 spiro atoms. The molecular weight excluding hydrogens is 240 g/mol. The van der Waals surface area contributed by atoms with Crippen LogP contribution in [0.1, 0.15) is 22.9 Å². The van der Waals surface area contributed by atoms with Crippen LogP contribution >= 0.6 is 0 Å². The van der Waals surface area contributed by atoms with Gasteiger partial charge in [-0.1, -0.05) is 11.3 Å². The number of ether oxygens (including phenoxy) is 1. The molecule has 0 amide bonds. The minimum Gasteiger partial charge on any atom is -0.497 e. The zero-order valence-corrected chi connectivity index (χ0v) is 11.3. The summed E-state index contributed by atoms with van der Waals surface area (Å²) in [7, 11) is 3.59. The van der Waals surface area contributed by atoms with Gasteiger partial charge in [-0.25, -0.2) is 0 Å². The highest BCUT2D eigenvalue weighted by Gasteiger charge is 2.21. The van der Waals surface area contributed by atoms with Gasteiger partial charge in [0, 0.05) is 25.7 Å². The molecule has 0 radical (unpaired) electrons. The van der Waals surface area contributed by atoms with Gasteiger partial charge in [0.05, 0.1) is 12.8 Å². The molecule has 1 N–H and O–H groups in total. The molecule has 0 bridgehead atoms. The van der Waals surface area contributed by atoms with Crippen LogP contribution in [0, 0.1) is 0 Å². The Kier molecular flexibility index (Phi) is 3.21. The number of hydrogen-bond acceptors (Lipinski definition) is 4. The molecule has 1 aromatic heterocycles. The molecule has 0 fully saturated rings. The smallest absolute Gasteiger partial charge is 0.119 e. The van der Waals surface area contributed by atoms with Crippen LogP contribution in [0.4, 0.5) is 0 Å². The highest BCUT2D eigenvalue weighted by molar-refractivity contribution is 5.39. The lowest BCUT2D eigenvalue weighted by Crippen LogP contribution is -2.31. The van der Waals surface area contributed by atoms with Crippen molar-refractivity contribution in [1.29, 1.82) is 0 Å². The Morgan fingerprint density at radius 2 is 2.37 bits per heavy atom. The standard InChI is InChI=1S/C14H18N4O/c1-18-9-11(16-17-18)7-14-13-8-12(19-2)4-3-10(13)5-6-15-14/h3-4,8-9,14-15H,5-7H2,1-2H3. The van der Waals surface area contributed by atoms with Crippen LogP contribution in [0.15, 0.2) is 24.4 Å². The fourth-order valence-electron chi connectivity index (χ4n) is 2.62. The third-order valence-corrected chi connectivity index (χ3v) is 3.58. The van der Waals surface area contributed by atoms with Crippen LogP contribution < -0.4 is 10.1 Å². The van der Waals surface area contributed by atoms with Crippen molar-refractivity contribution in [2.24, 2.45) is 7.05 Å². The number of rotatable bonds is 3. The molecule has 1 aliphatic rings. The van der Waals surface area contributed by atoms with Crippen molar-refractivity contribution in [3.8, 4) is 5.75 Å². The quantitative estimate of drug-likeness (QED) is 0.900. The van der Waals surface area contributed by atoms with Crippen molar-refractivity contribution in [3.63, 3.8) is 0 Å². The number of hydrogen-bond donors (Lipinski definition) is 1. The van der Waals surface area contributed by atoms with Crippen molar-refractivity contribution in [1.82, 2.24) is 20.3 Å². The molecule has 1 aromatic carbocycles. The van der Waals surface area contributed by atoms with Gasteiger partial charge in [-0.3, -0.25) is 4.68 Å². The summed E-state index contributed by atoms with van der Waals surface area (Å²) >= 11 is 0. The molecule has 1 aliphatic heterocycles. The highest BCUT2D eigenvalue weighted by atomic mass is 16.5. The minimum absolute atomic E-state index is 0.288. The van der Waals surface area contributed by atoms with Crippen molar-refractivity contribution in [2.75, 3.05) is 13.7 Å². The van der Waals surface area contributed by atoms with Gasteiger partial charge in [-0.15, -0.1) is 5.10 Å². The molecule has 2 aromatic rings. The van der Waals surface area contributed by atoms with Gasteiger partial charge in [-0.05, 0) is 36.2 Å². The Balaban J connectivity index is 1.88. The van der Waals surface area contributed by atoms with Gasteiger partial charge in [0.1, 0.15) is 5.75 Å². The molecule has 5 nitrogen and oxygen atoms in total. The van der Waals surface area contributed by atoms with Gasteiger partial charge < -0.3 is 10.1 Å². The van der Waals surface area contributed by atoms with E-state index in [-0.39, 0.29) is 6.04 Å². The Hall–Kier alpha value is -1.88. The Bertz CT molecular complexity index is 579. The lowest BCUT2D eigenvalue weighted by atomic mass is 9.91. The average Bonchev–Trinajstić information content (AvgIpc) is 2.84. The van der Waals surface area contributed by atoms with E-state index < -0.39 is 0 Å². The second-order valence-corrected chi connectivity index (χ2v) is 4.91. The minimum atomic E-state index is 0.288. The highest BCUT2D eigenvalue weighted by Crippen LogP contribution is 2.28. The summed E-state index contributed by atoms with van der Waals surface area (Å²) in [5.74, 6) is 0.909. The third kappa shape index (κ3) is 2.46. The van der Waals surface area contributed by atoms with Crippen molar-refractivity contribution < 1.29 is 4.74 Å². The molecule has 0 aliphatic carbocycles. The first kappa shape index (κ1) is 12.2. The molecule has 0 saturated carbocycles. The van der Waals surface area contributed by atoms with Crippen molar-refractivity contribution >= 4 is 0 Å². The van der Waals surface area contributed by atoms with E-state index in [2.05, 4.69) is 27.8 Å². The molecule has 5 heteroatoms. The van der Waals surface area contributed by atoms with Gasteiger partial charge in [-0.2, -0.15) is 0 Å². The van der Waals surface area contributed by atoms with Gasteiger partial charge in [0.15, 0.2) is 0 Å². The Morgan fingerprint density at radius 3 is 3.11 bits per heavy atom. The zero-order valence-electron chi connectivity index (χ0n) is 11.3. The number of nitrogens with one attached hydrogen (secondary N) is 1. The summed E-state index contributed by atoms with van der Waals surface area (Å²) in [5, 5.41) is 11.7. The monoisotopic (exact) mass is 258 g/mol. The van der Waals surface area contributed by atoms with Crippen LogP contribution in [0.5, 0.6) is 5.75 Å². The summed E-state index contributed by atoms with van der Waals surface area (Å²) in [4.78, 5) is 0. The van der Waals surface area contributed by atoms with E-state index >= 15 is 0 Å². The van der Waals surface area contributed by atoms with Gasteiger partial charge >= 0.3 is 0 Å². The van der Waals surface area contributed by atoms with E-state index in [0.29, 0.717) is 0 Å². The second kappa shape index (κ2) is 5.01. The number of methoxy groups -OCH3 is 1. The molecule has 1 atom stereocenters. The molecule has 2 heterocycles. The normalized spacial score (nSPS) is 18.1. The van der Waals surface area contributed by atoms with Crippen LogP contribution in [0.25, 0.3) is 0 Å². The van der Waals surface area contributed by atoms with Crippen LogP contribution in [-0.4, -0.2) is 28.6 Å². The molecule has 100 valence electrons. The predicted octanol–water partition coefficient (Wildman–Crippen LogP) is 1.25. The average molecular weight is 258 g/mol. The molecular formula is C14H18N4O. The summed E-state index contributed by atoms with van der Waals surface area (Å²) in [6, 6.07) is 6.61. The Morgan fingerprint density at radius 1 is 1.47 bits per heavy atom. The van der Waals surface area contributed by atoms with Crippen LogP contribution in [0.3, 0.4) is 0 Å². The van der Waals surface area contributed by atoms with Crippen molar-refractivity contribution in [3.05, 3.63) is 41.2 Å². The van der Waals surface area contributed by atoms with Crippen LogP contribution in [0.2, 0.25) is 0 Å². The fraction of sp³-hybridized carbons (Fsp3) is 0.429. The SMILES string of the molecule is COc1ccc2c(c1)C(Cc1cn(C)nn1)NCC2. The van der Waals surface area contributed by atoms with E-state index in [1.807, 2.05) is 19.3 Å². The maximum Gasteiger partial charge on any atom is 0.119 e. The summed E-state index contributed by atoms with van der Waals surface area (Å²) < 4.78 is 7.06. The van der Waals surface area contributed by atoms with E-state index in [0.717, 1.165) is 30.8 Å². The maximum atomic E-state index is 5.32. The topological polar surface area (TPSA) is 52.0 Å². The second-order valence-electron chi connectivity index (χ2n) is 4.91. The van der Waals surface area contributed by atoms with Gasteiger partial charge in [0.25, 0.3) is 0 Å². The number of aromatic nitrogens is 3. The number of nitrogens with zero attached hydrogens (tertiary/aromatic N) is 3. The van der Waals surface area contributed by atoms with E-state index in [1.165, 1.54) is 11.1 Å². The lowest BCUT2D eigenvalue weighted by Gasteiger charge is -2.26.